The lowest BCUT2D eigenvalue weighted by Crippen LogP contribution is -2.17. The second-order valence-corrected chi connectivity index (χ2v) is 6.94. The fraction of sp³-hybridized carbons (Fsp3) is 0.118. The first-order chi connectivity index (χ1) is 10.8. The highest BCUT2D eigenvalue weighted by molar-refractivity contribution is 9.10. The van der Waals surface area contributed by atoms with Crippen molar-refractivity contribution in [2.24, 2.45) is 5.10 Å². The van der Waals surface area contributed by atoms with Crippen LogP contribution in [0.2, 0.25) is 0 Å². The summed E-state index contributed by atoms with van der Waals surface area (Å²) in [6.07, 6.45) is 2.57. The zero-order valence-corrected chi connectivity index (χ0v) is 14.0. The lowest BCUT2D eigenvalue weighted by molar-refractivity contribution is 0.465. The fourth-order valence-electron chi connectivity index (χ4n) is 2.64. The summed E-state index contributed by atoms with van der Waals surface area (Å²) in [7, 11) is 0. The zero-order valence-electron chi connectivity index (χ0n) is 11.6. The van der Waals surface area contributed by atoms with Crippen LogP contribution in [-0.2, 0) is 0 Å². The van der Waals surface area contributed by atoms with Crippen LogP contribution in [0, 0.1) is 0 Å². The third-order valence-electron chi connectivity index (χ3n) is 3.68. The van der Waals surface area contributed by atoms with E-state index >= 15 is 0 Å². The molecule has 0 radical (unpaired) electrons. The second-order valence-electron chi connectivity index (χ2n) is 5.08. The number of hydrogen-bond acceptors (Lipinski definition) is 4. The van der Waals surface area contributed by atoms with Crippen molar-refractivity contribution in [1.82, 2.24) is 0 Å². The molecule has 2 aromatic heterocycles. The molecule has 3 aromatic rings. The molecule has 0 spiro atoms. The van der Waals surface area contributed by atoms with Crippen molar-refractivity contribution in [2.45, 2.75) is 12.5 Å². The molecule has 1 aromatic carbocycles. The van der Waals surface area contributed by atoms with E-state index in [9.17, 15) is 0 Å². The van der Waals surface area contributed by atoms with Crippen LogP contribution in [0.15, 0.2) is 74.2 Å². The molecule has 0 amide bonds. The summed E-state index contributed by atoms with van der Waals surface area (Å²) in [6, 6.07) is 16.4. The van der Waals surface area contributed by atoms with Gasteiger partial charge in [-0.25, -0.2) is 0 Å². The van der Waals surface area contributed by atoms with Gasteiger partial charge >= 0.3 is 0 Å². The van der Waals surface area contributed by atoms with Crippen LogP contribution in [0.5, 0.6) is 0 Å². The normalized spacial score (nSPS) is 17.8. The summed E-state index contributed by atoms with van der Waals surface area (Å²) in [5.41, 5.74) is 2.18. The molecule has 22 heavy (non-hydrogen) atoms. The fourth-order valence-corrected chi connectivity index (χ4v) is 3.62. The summed E-state index contributed by atoms with van der Waals surface area (Å²) < 4.78 is 6.70. The quantitative estimate of drug-likeness (QED) is 0.610. The first-order valence-corrected chi connectivity index (χ1v) is 8.68. The minimum absolute atomic E-state index is 0.105. The Bertz CT molecular complexity index is 779. The van der Waals surface area contributed by atoms with Crippen LogP contribution in [0.3, 0.4) is 0 Å². The molecule has 0 unspecified atom stereocenters. The van der Waals surface area contributed by atoms with Crippen molar-refractivity contribution in [2.75, 3.05) is 5.01 Å². The smallest absolute Gasteiger partial charge is 0.128 e. The average Bonchev–Trinajstić information content (AvgIpc) is 3.27. The SMILES string of the molecule is Brc1ccc(N2N=C(c3cccs3)C[C@H]2c2ccco2)cc1. The van der Waals surface area contributed by atoms with Crippen LogP contribution >= 0.6 is 27.3 Å². The number of furan rings is 1. The molecule has 3 nitrogen and oxygen atoms in total. The Hall–Kier alpha value is -1.85. The number of nitrogens with zero attached hydrogens (tertiary/aromatic N) is 2. The first-order valence-electron chi connectivity index (χ1n) is 7.01. The highest BCUT2D eigenvalue weighted by Crippen LogP contribution is 2.37. The van der Waals surface area contributed by atoms with Gasteiger partial charge in [0, 0.05) is 10.9 Å². The number of hydrazone groups is 1. The van der Waals surface area contributed by atoms with Crippen LogP contribution < -0.4 is 5.01 Å². The highest BCUT2D eigenvalue weighted by Gasteiger charge is 2.32. The van der Waals surface area contributed by atoms with Gasteiger partial charge in [-0.1, -0.05) is 22.0 Å². The lowest BCUT2D eigenvalue weighted by atomic mass is 10.1. The molecule has 0 saturated heterocycles. The molecule has 1 aliphatic rings. The van der Waals surface area contributed by atoms with Crippen molar-refractivity contribution >= 4 is 38.7 Å². The third kappa shape index (κ3) is 2.51. The van der Waals surface area contributed by atoms with Crippen molar-refractivity contribution < 1.29 is 4.42 Å². The molecule has 3 heterocycles. The van der Waals surface area contributed by atoms with E-state index in [2.05, 4.69) is 50.6 Å². The van der Waals surface area contributed by atoms with Gasteiger partial charge in [0.05, 0.1) is 22.5 Å². The van der Waals surface area contributed by atoms with Gasteiger partial charge in [-0.3, -0.25) is 5.01 Å². The summed E-state index contributed by atoms with van der Waals surface area (Å²) in [6.45, 7) is 0. The summed E-state index contributed by atoms with van der Waals surface area (Å²) in [5.74, 6) is 0.943. The number of thiophene rings is 1. The van der Waals surface area contributed by atoms with Crippen molar-refractivity contribution in [3.8, 4) is 0 Å². The predicted molar refractivity (Wildman–Crippen MR) is 93.5 cm³/mol. The highest BCUT2D eigenvalue weighted by atomic mass is 79.9. The Labute approximate surface area is 141 Å². The number of hydrogen-bond donors (Lipinski definition) is 0. The van der Waals surface area contributed by atoms with Gasteiger partial charge in [0.1, 0.15) is 11.8 Å². The number of rotatable bonds is 3. The molecule has 4 rings (SSSR count). The van der Waals surface area contributed by atoms with E-state index in [-0.39, 0.29) is 6.04 Å². The number of anilines is 1. The van der Waals surface area contributed by atoms with Gasteiger partial charge < -0.3 is 4.42 Å². The molecule has 0 aliphatic carbocycles. The molecular weight excluding hydrogens is 360 g/mol. The van der Waals surface area contributed by atoms with Gasteiger partial charge in [-0.15, -0.1) is 11.3 Å². The minimum Gasteiger partial charge on any atom is -0.467 e. The molecule has 0 bridgehead atoms. The Morgan fingerprint density at radius 1 is 1.14 bits per heavy atom. The van der Waals surface area contributed by atoms with E-state index in [1.165, 1.54) is 4.88 Å². The molecule has 0 fully saturated rings. The molecule has 0 N–H and O–H groups in total. The maximum absolute atomic E-state index is 5.64. The monoisotopic (exact) mass is 372 g/mol. The van der Waals surface area contributed by atoms with E-state index in [1.807, 2.05) is 24.3 Å². The van der Waals surface area contributed by atoms with E-state index in [0.29, 0.717) is 0 Å². The Kier molecular flexibility index (Phi) is 3.60. The van der Waals surface area contributed by atoms with Crippen LogP contribution in [0.4, 0.5) is 5.69 Å². The Morgan fingerprint density at radius 3 is 2.68 bits per heavy atom. The molecule has 0 saturated carbocycles. The number of halogens is 1. The molecule has 1 atom stereocenters. The Balaban J connectivity index is 1.74. The maximum Gasteiger partial charge on any atom is 0.128 e. The molecular formula is C17H13BrN2OS. The van der Waals surface area contributed by atoms with Gasteiger partial charge in [-0.2, -0.15) is 5.10 Å². The van der Waals surface area contributed by atoms with E-state index < -0.39 is 0 Å². The Morgan fingerprint density at radius 2 is 2.00 bits per heavy atom. The first kappa shape index (κ1) is 13.8. The topological polar surface area (TPSA) is 28.7 Å². The second kappa shape index (κ2) is 5.74. The van der Waals surface area contributed by atoms with Crippen molar-refractivity contribution in [1.29, 1.82) is 0 Å². The van der Waals surface area contributed by atoms with Gasteiger partial charge in [0.25, 0.3) is 0 Å². The van der Waals surface area contributed by atoms with Crippen LogP contribution in [-0.4, -0.2) is 5.71 Å². The average molecular weight is 373 g/mol. The zero-order chi connectivity index (χ0) is 14.9. The predicted octanol–water partition coefficient (Wildman–Crippen LogP) is 5.46. The summed E-state index contributed by atoms with van der Waals surface area (Å²) in [4.78, 5) is 1.22. The largest absolute Gasteiger partial charge is 0.467 e. The maximum atomic E-state index is 5.64. The van der Waals surface area contributed by atoms with Crippen LogP contribution in [0.1, 0.15) is 23.1 Å². The van der Waals surface area contributed by atoms with Crippen molar-refractivity contribution in [3.05, 3.63) is 75.3 Å². The number of benzene rings is 1. The van der Waals surface area contributed by atoms with Gasteiger partial charge in [-0.05, 0) is 47.8 Å². The standard InChI is InChI=1S/C17H13BrN2OS/c18-12-5-7-13(8-6-12)20-15(16-3-1-9-21-16)11-14(19-20)17-4-2-10-22-17/h1-10,15H,11H2/t15-/m0/s1. The third-order valence-corrected chi connectivity index (χ3v) is 5.13. The summed E-state index contributed by atoms with van der Waals surface area (Å²) in [5, 5.41) is 8.99. The molecule has 5 heteroatoms. The summed E-state index contributed by atoms with van der Waals surface area (Å²) >= 11 is 5.20. The van der Waals surface area contributed by atoms with Gasteiger partial charge in [0.15, 0.2) is 0 Å². The van der Waals surface area contributed by atoms with E-state index in [4.69, 9.17) is 9.52 Å². The van der Waals surface area contributed by atoms with E-state index in [0.717, 1.165) is 28.1 Å². The van der Waals surface area contributed by atoms with E-state index in [1.54, 1.807) is 17.6 Å². The van der Waals surface area contributed by atoms with Crippen LogP contribution in [0.25, 0.3) is 0 Å². The minimum atomic E-state index is 0.105. The molecule has 1 aliphatic heterocycles. The van der Waals surface area contributed by atoms with Crippen molar-refractivity contribution in [3.63, 3.8) is 0 Å². The lowest BCUT2D eigenvalue weighted by Gasteiger charge is -2.21. The molecule has 110 valence electrons. The van der Waals surface area contributed by atoms with Gasteiger partial charge in [0.2, 0.25) is 0 Å².